The second-order valence-electron chi connectivity index (χ2n) is 7.96. The summed E-state index contributed by atoms with van der Waals surface area (Å²) in [5.74, 6) is -0.375. The standard InChI is InChI=1S/C24H28N4O3/c1-17-22(18(2)28(26-17)19-10-5-3-6-11-19)23(29)24(30)25-16-20(21-12-9-15-31-21)27-13-7-4-8-14-27/h3,5-6,9-12,15,20H,4,7-8,13-14,16H2,1-2H3,(H,25,30)/t20-/m1/s1. The topological polar surface area (TPSA) is 80.4 Å². The van der Waals surface area contributed by atoms with Crippen LogP contribution >= 0.6 is 0 Å². The molecule has 1 atom stereocenters. The number of nitrogens with zero attached hydrogens (tertiary/aromatic N) is 3. The largest absolute Gasteiger partial charge is 0.468 e. The first-order valence-electron chi connectivity index (χ1n) is 10.8. The van der Waals surface area contributed by atoms with Gasteiger partial charge in [0.2, 0.25) is 0 Å². The molecule has 0 saturated carbocycles. The number of amides is 1. The monoisotopic (exact) mass is 420 g/mol. The Kier molecular flexibility index (Phi) is 6.32. The van der Waals surface area contributed by atoms with Gasteiger partial charge in [-0.25, -0.2) is 4.68 Å². The smallest absolute Gasteiger partial charge is 0.292 e. The van der Waals surface area contributed by atoms with Crippen LogP contribution < -0.4 is 5.32 Å². The van der Waals surface area contributed by atoms with Crippen LogP contribution in [0, 0.1) is 13.8 Å². The predicted octanol–water partition coefficient (Wildman–Crippen LogP) is 3.61. The Hall–Kier alpha value is -3.19. The van der Waals surface area contributed by atoms with Crippen LogP contribution in [-0.2, 0) is 4.79 Å². The van der Waals surface area contributed by atoms with E-state index in [1.165, 1.54) is 6.42 Å². The van der Waals surface area contributed by atoms with Crippen molar-refractivity contribution in [1.82, 2.24) is 20.0 Å². The van der Waals surface area contributed by atoms with E-state index in [1.54, 1.807) is 17.9 Å². The molecule has 0 unspecified atom stereocenters. The van der Waals surface area contributed by atoms with Gasteiger partial charge in [-0.15, -0.1) is 0 Å². The zero-order chi connectivity index (χ0) is 21.8. The Morgan fingerprint density at radius 1 is 1.06 bits per heavy atom. The molecule has 1 N–H and O–H groups in total. The molecule has 7 heteroatoms. The predicted molar refractivity (Wildman–Crippen MR) is 117 cm³/mol. The number of aromatic nitrogens is 2. The van der Waals surface area contributed by atoms with Crippen LogP contribution in [-0.4, -0.2) is 46.0 Å². The van der Waals surface area contributed by atoms with Crippen molar-refractivity contribution < 1.29 is 14.0 Å². The zero-order valence-electron chi connectivity index (χ0n) is 18.0. The van der Waals surface area contributed by atoms with Crippen LogP contribution in [0.15, 0.2) is 53.1 Å². The third kappa shape index (κ3) is 4.46. The highest BCUT2D eigenvalue weighted by Crippen LogP contribution is 2.25. The molecule has 4 rings (SSSR count). The lowest BCUT2D eigenvalue weighted by molar-refractivity contribution is -0.117. The first-order valence-corrected chi connectivity index (χ1v) is 10.8. The van der Waals surface area contributed by atoms with Crippen LogP contribution in [0.5, 0.6) is 0 Å². The summed E-state index contributed by atoms with van der Waals surface area (Å²) in [4.78, 5) is 28.1. The second-order valence-corrected chi connectivity index (χ2v) is 7.96. The molecule has 0 aliphatic carbocycles. The van der Waals surface area contributed by atoms with E-state index < -0.39 is 11.7 Å². The number of likely N-dealkylation sites (tertiary alicyclic amines) is 1. The number of hydrogen-bond acceptors (Lipinski definition) is 5. The number of rotatable bonds is 7. The van der Waals surface area contributed by atoms with Crippen molar-refractivity contribution in [1.29, 1.82) is 0 Å². The molecule has 1 aliphatic rings. The molecule has 0 radical (unpaired) electrons. The number of aryl methyl sites for hydroxylation is 1. The SMILES string of the molecule is Cc1nn(-c2ccccc2)c(C)c1C(=O)C(=O)NC[C@H](c1ccco1)N1CCCCC1. The van der Waals surface area contributed by atoms with Gasteiger partial charge in [0.05, 0.1) is 34.9 Å². The number of ketones is 1. The summed E-state index contributed by atoms with van der Waals surface area (Å²) in [5, 5.41) is 7.33. The average molecular weight is 421 g/mol. The van der Waals surface area contributed by atoms with Gasteiger partial charge in [0, 0.05) is 6.54 Å². The van der Waals surface area contributed by atoms with Gasteiger partial charge in [0.25, 0.3) is 11.7 Å². The molecule has 0 spiro atoms. The van der Waals surface area contributed by atoms with Crippen LogP contribution in [0.25, 0.3) is 5.69 Å². The molecular formula is C24H28N4O3. The quantitative estimate of drug-likeness (QED) is 0.467. The Labute approximate surface area is 182 Å². The van der Waals surface area contributed by atoms with Crippen molar-refractivity contribution in [3.8, 4) is 5.69 Å². The zero-order valence-corrected chi connectivity index (χ0v) is 18.0. The lowest BCUT2D eigenvalue weighted by Gasteiger charge is -2.33. The van der Waals surface area contributed by atoms with Gasteiger partial charge in [0.15, 0.2) is 0 Å². The van der Waals surface area contributed by atoms with Gasteiger partial charge in [-0.05, 0) is 64.0 Å². The van der Waals surface area contributed by atoms with Gasteiger partial charge in [0.1, 0.15) is 5.76 Å². The molecule has 1 saturated heterocycles. The lowest BCUT2D eigenvalue weighted by Crippen LogP contribution is -2.42. The molecule has 1 fully saturated rings. The van der Waals surface area contributed by atoms with Crippen LogP contribution in [0.2, 0.25) is 0 Å². The minimum atomic E-state index is -0.618. The van der Waals surface area contributed by atoms with Gasteiger partial charge >= 0.3 is 0 Å². The molecule has 0 bridgehead atoms. The number of nitrogens with one attached hydrogen (secondary N) is 1. The molecule has 1 aliphatic heterocycles. The van der Waals surface area contributed by atoms with E-state index in [2.05, 4.69) is 15.3 Å². The van der Waals surface area contributed by atoms with E-state index in [0.29, 0.717) is 23.5 Å². The van der Waals surface area contributed by atoms with E-state index in [1.807, 2.05) is 49.4 Å². The highest BCUT2D eigenvalue weighted by molar-refractivity contribution is 6.43. The fraction of sp³-hybridized carbons (Fsp3) is 0.375. The van der Waals surface area contributed by atoms with E-state index in [0.717, 1.165) is 37.4 Å². The number of hydrogen-bond donors (Lipinski definition) is 1. The summed E-state index contributed by atoms with van der Waals surface area (Å²) in [6.07, 6.45) is 5.11. The number of carbonyl (C=O) groups is 2. The maximum Gasteiger partial charge on any atom is 0.292 e. The second kappa shape index (κ2) is 9.31. The normalized spacial score (nSPS) is 15.5. The average Bonchev–Trinajstić information content (AvgIpc) is 3.43. The summed E-state index contributed by atoms with van der Waals surface area (Å²) in [6, 6.07) is 13.3. The maximum atomic E-state index is 13.0. The Balaban J connectivity index is 1.49. The van der Waals surface area contributed by atoms with E-state index in [-0.39, 0.29) is 6.04 Å². The Bertz CT molecular complexity index is 1030. The van der Waals surface area contributed by atoms with E-state index >= 15 is 0 Å². The highest BCUT2D eigenvalue weighted by Gasteiger charge is 2.28. The van der Waals surface area contributed by atoms with Crippen LogP contribution in [0.4, 0.5) is 0 Å². The number of furan rings is 1. The summed E-state index contributed by atoms with van der Waals surface area (Å²) in [5.41, 5.74) is 2.40. The minimum absolute atomic E-state index is 0.0821. The van der Waals surface area contributed by atoms with Crippen molar-refractivity contribution in [3.05, 3.63) is 71.4 Å². The molecule has 31 heavy (non-hydrogen) atoms. The van der Waals surface area contributed by atoms with Gasteiger partial charge in [-0.2, -0.15) is 5.10 Å². The van der Waals surface area contributed by atoms with Gasteiger partial charge in [-0.3, -0.25) is 14.5 Å². The van der Waals surface area contributed by atoms with Crippen LogP contribution in [0.1, 0.15) is 52.8 Å². The van der Waals surface area contributed by atoms with Crippen molar-refractivity contribution >= 4 is 11.7 Å². The van der Waals surface area contributed by atoms with Crippen molar-refractivity contribution in [3.63, 3.8) is 0 Å². The molecule has 3 aromatic rings. The Morgan fingerprint density at radius 2 is 1.81 bits per heavy atom. The molecule has 162 valence electrons. The lowest BCUT2D eigenvalue weighted by atomic mass is 10.1. The number of benzene rings is 1. The highest BCUT2D eigenvalue weighted by atomic mass is 16.3. The molecule has 1 amide bonds. The summed E-state index contributed by atoms with van der Waals surface area (Å²) in [7, 11) is 0. The van der Waals surface area contributed by atoms with Gasteiger partial charge in [-0.1, -0.05) is 24.6 Å². The molecular weight excluding hydrogens is 392 g/mol. The fourth-order valence-corrected chi connectivity index (χ4v) is 4.30. The fourth-order valence-electron chi connectivity index (χ4n) is 4.30. The van der Waals surface area contributed by atoms with E-state index in [4.69, 9.17) is 4.42 Å². The molecule has 7 nitrogen and oxygen atoms in total. The first kappa shape index (κ1) is 21.1. The maximum absolute atomic E-state index is 13.0. The number of carbonyl (C=O) groups excluding carboxylic acids is 2. The summed E-state index contributed by atoms with van der Waals surface area (Å²) < 4.78 is 7.33. The third-order valence-electron chi connectivity index (χ3n) is 5.88. The van der Waals surface area contributed by atoms with E-state index in [9.17, 15) is 9.59 Å². The third-order valence-corrected chi connectivity index (χ3v) is 5.88. The van der Waals surface area contributed by atoms with Gasteiger partial charge < -0.3 is 9.73 Å². The number of piperidine rings is 1. The summed E-state index contributed by atoms with van der Waals surface area (Å²) in [6.45, 7) is 5.80. The van der Waals surface area contributed by atoms with Crippen molar-refractivity contribution in [2.75, 3.05) is 19.6 Å². The Morgan fingerprint density at radius 3 is 2.48 bits per heavy atom. The minimum Gasteiger partial charge on any atom is -0.468 e. The number of para-hydroxylation sites is 1. The number of Topliss-reactive ketones (excluding diaryl/α,β-unsaturated/α-hetero) is 1. The van der Waals surface area contributed by atoms with Crippen LogP contribution in [0.3, 0.4) is 0 Å². The molecule has 1 aromatic carbocycles. The summed E-state index contributed by atoms with van der Waals surface area (Å²) >= 11 is 0. The molecule has 3 heterocycles. The first-order chi connectivity index (χ1) is 15.1. The van der Waals surface area contributed by atoms with Crippen molar-refractivity contribution in [2.45, 2.75) is 39.2 Å². The molecule has 2 aromatic heterocycles. The van der Waals surface area contributed by atoms with Crippen molar-refractivity contribution in [2.24, 2.45) is 0 Å².